The van der Waals surface area contributed by atoms with E-state index in [0.29, 0.717) is 0 Å². The Morgan fingerprint density at radius 2 is 2.10 bits per heavy atom. The molecule has 3 heteroatoms. The molecule has 0 aromatic carbocycles. The third-order valence-electron chi connectivity index (χ3n) is 0.847. The van der Waals surface area contributed by atoms with E-state index in [9.17, 15) is 4.79 Å². The molecule has 0 saturated carbocycles. The normalized spacial score (nSPS) is 14.8. The molecule has 10 heavy (non-hydrogen) atoms. The maximum absolute atomic E-state index is 9.89. The van der Waals surface area contributed by atoms with Crippen molar-refractivity contribution in [2.24, 2.45) is 5.73 Å². The summed E-state index contributed by atoms with van der Waals surface area (Å²) in [5.41, 5.74) is 5.00. The lowest BCUT2D eigenvalue weighted by molar-refractivity contribution is -0.00349. The van der Waals surface area contributed by atoms with Crippen LogP contribution in [-0.2, 0) is 9.53 Å². The fraction of sp³-hybridized carbons (Fsp3) is 0.857. The molecule has 1 radical (unpaired) electrons. The molecule has 0 spiro atoms. The van der Waals surface area contributed by atoms with Gasteiger partial charge in [-0.05, 0) is 20.8 Å². The standard InChI is InChI=1S/C7H14NO2/c1-7(2,3)10-5-6(8)4-9/h6H,5,8H2,1-3H3/t6-/m1/s1. The molecule has 0 aliphatic heterocycles. The third kappa shape index (κ3) is 5.72. The zero-order chi connectivity index (χ0) is 8.20. The van der Waals surface area contributed by atoms with Crippen molar-refractivity contribution in [1.29, 1.82) is 0 Å². The molecule has 2 N–H and O–H groups in total. The SMILES string of the molecule is CC(C)(C)OC[C@H](N)[C]=O. The molecular formula is C7H14NO2. The smallest absolute Gasteiger partial charge is 0.219 e. The van der Waals surface area contributed by atoms with Gasteiger partial charge in [-0.25, -0.2) is 0 Å². The van der Waals surface area contributed by atoms with Gasteiger partial charge in [0.15, 0.2) is 0 Å². The summed E-state index contributed by atoms with van der Waals surface area (Å²) in [5, 5.41) is 0. The molecule has 0 aromatic heterocycles. The van der Waals surface area contributed by atoms with E-state index < -0.39 is 6.04 Å². The molecule has 0 unspecified atom stereocenters. The van der Waals surface area contributed by atoms with Crippen LogP contribution in [0, 0.1) is 0 Å². The number of ether oxygens (including phenoxy) is 1. The highest BCUT2D eigenvalue weighted by Gasteiger charge is 2.12. The molecular weight excluding hydrogens is 130 g/mol. The minimum absolute atomic E-state index is 0.228. The van der Waals surface area contributed by atoms with Crippen LogP contribution in [0.25, 0.3) is 0 Å². The van der Waals surface area contributed by atoms with E-state index in [4.69, 9.17) is 10.5 Å². The molecule has 59 valence electrons. The van der Waals surface area contributed by atoms with Crippen LogP contribution in [0.5, 0.6) is 0 Å². The maximum atomic E-state index is 9.89. The molecule has 0 amide bonds. The summed E-state index contributed by atoms with van der Waals surface area (Å²) in [5.74, 6) is 0. The first-order valence-electron chi connectivity index (χ1n) is 3.23. The van der Waals surface area contributed by atoms with Gasteiger partial charge in [-0.3, -0.25) is 4.79 Å². The summed E-state index contributed by atoms with van der Waals surface area (Å²) in [6, 6.07) is -0.612. The highest BCUT2D eigenvalue weighted by molar-refractivity contribution is 5.58. The predicted molar refractivity (Wildman–Crippen MR) is 39.4 cm³/mol. The van der Waals surface area contributed by atoms with Crippen molar-refractivity contribution in [2.75, 3.05) is 6.61 Å². The summed E-state index contributed by atoms with van der Waals surface area (Å²) < 4.78 is 5.19. The highest BCUT2D eigenvalue weighted by atomic mass is 16.5. The molecule has 0 rings (SSSR count). The summed E-state index contributed by atoms with van der Waals surface area (Å²) >= 11 is 0. The fourth-order valence-electron chi connectivity index (χ4n) is 0.374. The molecule has 0 bridgehead atoms. The van der Waals surface area contributed by atoms with E-state index >= 15 is 0 Å². The Labute approximate surface area is 61.5 Å². The Balaban J connectivity index is 3.45. The van der Waals surface area contributed by atoms with Gasteiger partial charge < -0.3 is 10.5 Å². The van der Waals surface area contributed by atoms with Crippen molar-refractivity contribution in [1.82, 2.24) is 0 Å². The number of carbonyl (C=O) groups excluding carboxylic acids is 1. The van der Waals surface area contributed by atoms with Crippen LogP contribution in [0.3, 0.4) is 0 Å². The van der Waals surface area contributed by atoms with Gasteiger partial charge >= 0.3 is 0 Å². The lowest BCUT2D eigenvalue weighted by Gasteiger charge is -2.19. The quantitative estimate of drug-likeness (QED) is 0.617. The van der Waals surface area contributed by atoms with E-state index in [-0.39, 0.29) is 12.2 Å². The Bertz CT molecular complexity index is 107. The summed E-state index contributed by atoms with van der Waals surface area (Å²) in [6.45, 7) is 5.96. The Hall–Kier alpha value is -0.410. The fourth-order valence-corrected chi connectivity index (χ4v) is 0.374. The van der Waals surface area contributed by atoms with Gasteiger partial charge in [0.2, 0.25) is 6.29 Å². The Morgan fingerprint density at radius 1 is 1.60 bits per heavy atom. The molecule has 0 fully saturated rings. The first-order valence-corrected chi connectivity index (χ1v) is 3.23. The minimum Gasteiger partial charge on any atom is -0.374 e. The number of rotatable bonds is 3. The topological polar surface area (TPSA) is 52.3 Å². The monoisotopic (exact) mass is 144 g/mol. The average molecular weight is 144 g/mol. The zero-order valence-electron chi connectivity index (χ0n) is 6.68. The van der Waals surface area contributed by atoms with E-state index in [1.165, 1.54) is 0 Å². The van der Waals surface area contributed by atoms with Crippen molar-refractivity contribution in [3.8, 4) is 0 Å². The van der Waals surface area contributed by atoms with Crippen LogP contribution < -0.4 is 5.73 Å². The van der Waals surface area contributed by atoms with Crippen LogP contribution in [-0.4, -0.2) is 24.5 Å². The molecule has 3 nitrogen and oxygen atoms in total. The second kappa shape index (κ2) is 3.68. The van der Waals surface area contributed by atoms with Gasteiger partial charge in [-0.15, -0.1) is 0 Å². The third-order valence-corrected chi connectivity index (χ3v) is 0.847. The van der Waals surface area contributed by atoms with Gasteiger partial charge in [-0.1, -0.05) is 0 Å². The minimum atomic E-state index is -0.612. The summed E-state index contributed by atoms with van der Waals surface area (Å²) in [6.07, 6.45) is 1.64. The van der Waals surface area contributed by atoms with Gasteiger partial charge in [-0.2, -0.15) is 0 Å². The van der Waals surface area contributed by atoms with Crippen molar-refractivity contribution < 1.29 is 9.53 Å². The van der Waals surface area contributed by atoms with E-state index in [1.807, 2.05) is 20.8 Å². The highest BCUT2D eigenvalue weighted by Crippen LogP contribution is 2.05. The second-order valence-electron chi connectivity index (χ2n) is 3.15. The van der Waals surface area contributed by atoms with Crippen LogP contribution >= 0.6 is 0 Å². The largest absolute Gasteiger partial charge is 0.374 e. The van der Waals surface area contributed by atoms with Crippen molar-refractivity contribution >= 4 is 6.29 Å². The van der Waals surface area contributed by atoms with Crippen molar-refractivity contribution in [2.45, 2.75) is 32.4 Å². The van der Waals surface area contributed by atoms with Gasteiger partial charge in [0.25, 0.3) is 0 Å². The maximum Gasteiger partial charge on any atom is 0.219 e. The second-order valence-corrected chi connectivity index (χ2v) is 3.15. The average Bonchev–Trinajstić information content (AvgIpc) is 1.81. The van der Waals surface area contributed by atoms with Gasteiger partial charge in [0.05, 0.1) is 18.2 Å². The molecule has 0 heterocycles. The lowest BCUT2D eigenvalue weighted by Crippen LogP contribution is -2.32. The van der Waals surface area contributed by atoms with E-state index in [0.717, 1.165) is 0 Å². The van der Waals surface area contributed by atoms with Crippen molar-refractivity contribution in [3.05, 3.63) is 0 Å². The van der Waals surface area contributed by atoms with Crippen LogP contribution in [0.4, 0.5) is 0 Å². The lowest BCUT2D eigenvalue weighted by atomic mass is 10.2. The molecule has 0 saturated heterocycles. The van der Waals surface area contributed by atoms with Crippen LogP contribution in [0.2, 0.25) is 0 Å². The van der Waals surface area contributed by atoms with Crippen LogP contribution in [0.15, 0.2) is 0 Å². The summed E-state index contributed by atoms with van der Waals surface area (Å²) in [4.78, 5) is 9.89. The predicted octanol–water partition coefficient (Wildman–Crippen LogP) is 0.239. The Kier molecular flexibility index (Phi) is 3.53. The first kappa shape index (κ1) is 9.59. The van der Waals surface area contributed by atoms with E-state index in [1.54, 1.807) is 6.29 Å². The summed E-state index contributed by atoms with van der Waals surface area (Å²) in [7, 11) is 0. The van der Waals surface area contributed by atoms with E-state index in [2.05, 4.69) is 0 Å². The molecule has 0 aliphatic rings. The Morgan fingerprint density at radius 3 is 2.40 bits per heavy atom. The first-order chi connectivity index (χ1) is 4.45. The number of hydrogen-bond donors (Lipinski definition) is 1. The van der Waals surface area contributed by atoms with Crippen molar-refractivity contribution in [3.63, 3.8) is 0 Å². The van der Waals surface area contributed by atoms with Crippen LogP contribution in [0.1, 0.15) is 20.8 Å². The zero-order valence-corrected chi connectivity index (χ0v) is 6.68. The molecule has 1 atom stereocenters. The van der Waals surface area contributed by atoms with Gasteiger partial charge in [0.1, 0.15) is 0 Å². The van der Waals surface area contributed by atoms with Gasteiger partial charge in [0, 0.05) is 0 Å². The molecule has 0 aromatic rings. The number of nitrogens with two attached hydrogens (primary N) is 1. The number of hydrogen-bond acceptors (Lipinski definition) is 3. The molecule has 0 aliphatic carbocycles.